The Kier molecular flexibility index (Phi) is 6.44. The first-order chi connectivity index (χ1) is 12.3. The van der Waals surface area contributed by atoms with Crippen LogP contribution in [0.2, 0.25) is 0 Å². The molecule has 4 nitrogen and oxygen atoms in total. The number of hydrogen-bond acceptors (Lipinski definition) is 3. The summed E-state index contributed by atoms with van der Waals surface area (Å²) >= 11 is 0. The number of esters is 1. The van der Waals surface area contributed by atoms with Crippen molar-refractivity contribution in [3.63, 3.8) is 0 Å². The maximum atomic E-state index is 13.7. The van der Waals surface area contributed by atoms with Gasteiger partial charge in [0.05, 0.1) is 12.5 Å². The molecular formula is C20H21F2NO3. The van der Waals surface area contributed by atoms with Crippen LogP contribution in [0.3, 0.4) is 0 Å². The third kappa shape index (κ3) is 5.37. The summed E-state index contributed by atoms with van der Waals surface area (Å²) in [6, 6.07) is 8.11. The van der Waals surface area contributed by atoms with E-state index in [1.807, 2.05) is 32.0 Å². The lowest BCUT2D eigenvalue weighted by Crippen LogP contribution is -2.31. The fourth-order valence-electron chi connectivity index (χ4n) is 2.49. The predicted octanol–water partition coefficient (Wildman–Crippen LogP) is 3.54. The first kappa shape index (κ1) is 19.6. The maximum Gasteiger partial charge on any atom is 0.310 e. The van der Waals surface area contributed by atoms with Crippen molar-refractivity contribution >= 4 is 11.9 Å². The highest BCUT2D eigenvalue weighted by Gasteiger charge is 2.15. The quantitative estimate of drug-likeness (QED) is 0.801. The molecule has 2 aromatic rings. The average molecular weight is 361 g/mol. The number of benzene rings is 2. The molecule has 0 fully saturated rings. The first-order valence-electron chi connectivity index (χ1n) is 8.22. The van der Waals surface area contributed by atoms with Crippen LogP contribution in [0.1, 0.15) is 35.2 Å². The van der Waals surface area contributed by atoms with Gasteiger partial charge in [0.15, 0.2) is 6.61 Å². The Morgan fingerprint density at radius 1 is 1.08 bits per heavy atom. The Labute approximate surface area is 151 Å². The van der Waals surface area contributed by atoms with Crippen molar-refractivity contribution in [3.05, 3.63) is 70.3 Å². The minimum Gasteiger partial charge on any atom is -0.455 e. The fraction of sp³-hybridized carbons (Fsp3) is 0.300. The largest absolute Gasteiger partial charge is 0.455 e. The van der Waals surface area contributed by atoms with Crippen molar-refractivity contribution in [2.75, 3.05) is 6.61 Å². The summed E-state index contributed by atoms with van der Waals surface area (Å²) in [6.45, 7) is 5.03. The van der Waals surface area contributed by atoms with Gasteiger partial charge >= 0.3 is 5.97 Å². The topological polar surface area (TPSA) is 55.4 Å². The Bertz CT molecular complexity index is 821. The summed E-state index contributed by atoms with van der Waals surface area (Å²) in [6.07, 6.45) is 0.0660. The zero-order chi connectivity index (χ0) is 19.3. The monoisotopic (exact) mass is 361 g/mol. The van der Waals surface area contributed by atoms with Crippen LogP contribution in [0, 0.1) is 25.5 Å². The van der Waals surface area contributed by atoms with Crippen molar-refractivity contribution in [3.8, 4) is 0 Å². The Morgan fingerprint density at radius 3 is 2.46 bits per heavy atom. The summed E-state index contributed by atoms with van der Waals surface area (Å²) in [5, 5.41) is 2.51. The molecule has 0 aliphatic rings. The summed E-state index contributed by atoms with van der Waals surface area (Å²) in [5.74, 6) is -2.52. The lowest BCUT2D eigenvalue weighted by Gasteiger charge is -2.15. The van der Waals surface area contributed by atoms with Crippen molar-refractivity contribution in [1.82, 2.24) is 5.32 Å². The number of amides is 1. The average Bonchev–Trinajstić information content (AvgIpc) is 2.56. The van der Waals surface area contributed by atoms with E-state index in [2.05, 4.69) is 5.32 Å². The molecule has 0 aliphatic heterocycles. The molecule has 0 saturated carbocycles. The summed E-state index contributed by atoms with van der Waals surface area (Å²) in [7, 11) is 0. The molecule has 6 heteroatoms. The number of hydrogen-bond donors (Lipinski definition) is 1. The third-order valence-corrected chi connectivity index (χ3v) is 4.09. The Balaban J connectivity index is 1.83. The Morgan fingerprint density at radius 2 is 1.81 bits per heavy atom. The SMILES string of the molecule is Cc1ccc(CC(=O)OCC(=O)N[C@H](C)c2ccc(F)cc2F)cc1C. The highest BCUT2D eigenvalue weighted by molar-refractivity contribution is 5.81. The minimum absolute atomic E-state index is 0.0660. The third-order valence-electron chi connectivity index (χ3n) is 4.09. The normalized spacial score (nSPS) is 11.7. The molecule has 138 valence electrons. The van der Waals surface area contributed by atoms with Gasteiger partial charge in [-0.2, -0.15) is 0 Å². The van der Waals surface area contributed by atoms with E-state index >= 15 is 0 Å². The van der Waals surface area contributed by atoms with E-state index in [1.54, 1.807) is 6.92 Å². The molecule has 0 saturated heterocycles. The van der Waals surface area contributed by atoms with Gasteiger partial charge in [-0.3, -0.25) is 9.59 Å². The lowest BCUT2D eigenvalue weighted by atomic mass is 10.0. The van der Waals surface area contributed by atoms with Crippen LogP contribution in [0.4, 0.5) is 8.78 Å². The van der Waals surface area contributed by atoms with Gasteiger partial charge in [0, 0.05) is 11.6 Å². The van der Waals surface area contributed by atoms with Crippen LogP contribution in [0.15, 0.2) is 36.4 Å². The van der Waals surface area contributed by atoms with Gasteiger partial charge < -0.3 is 10.1 Å². The van der Waals surface area contributed by atoms with Gasteiger partial charge in [0.1, 0.15) is 11.6 Å². The second-order valence-corrected chi connectivity index (χ2v) is 6.21. The van der Waals surface area contributed by atoms with Crippen molar-refractivity contribution < 1.29 is 23.1 Å². The molecule has 0 aromatic heterocycles. The molecule has 0 unspecified atom stereocenters. The lowest BCUT2D eigenvalue weighted by molar-refractivity contribution is -0.148. The van der Waals surface area contributed by atoms with Gasteiger partial charge in [-0.05, 0) is 43.5 Å². The summed E-state index contributed by atoms with van der Waals surface area (Å²) < 4.78 is 31.6. The maximum absolute atomic E-state index is 13.7. The number of rotatable bonds is 6. The molecule has 0 spiro atoms. The van der Waals surface area contributed by atoms with E-state index in [0.29, 0.717) is 0 Å². The van der Waals surface area contributed by atoms with E-state index in [4.69, 9.17) is 4.74 Å². The van der Waals surface area contributed by atoms with Crippen LogP contribution < -0.4 is 5.32 Å². The van der Waals surface area contributed by atoms with Gasteiger partial charge in [0.2, 0.25) is 0 Å². The van der Waals surface area contributed by atoms with Crippen LogP contribution in [0.5, 0.6) is 0 Å². The van der Waals surface area contributed by atoms with Crippen LogP contribution in [-0.2, 0) is 20.7 Å². The second-order valence-electron chi connectivity index (χ2n) is 6.21. The standard InChI is InChI=1S/C20H21F2NO3/c1-12-4-5-15(8-13(12)2)9-20(25)26-11-19(24)23-14(3)17-7-6-16(21)10-18(17)22/h4-8,10,14H,9,11H2,1-3H3,(H,23,24)/t14-/m1/s1. The summed E-state index contributed by atoms with van der Waals surface area (Å²) in [4.78, 5) is 23.7. The predicted molar refractivity (Wildman–Crippen MR) is 93.5 cm³/mol. The van der Waals surface area contributed by atoms with Crippen LogP contribution in [0.25, 0.3) is 0 Å². The van der Waals surface area contributed by atoms with Gasteiger partial charge in [-0.25, -0.2) is 8.78 Å². The molecule has 2 rings (SSSR count). The van der Waals surface area contributed by atoms with Crippen molar-refractivity contribution in [2.45, 2.75) is 33.2 Å². The smallest absolute Gasteiger partial charge is 0.310 e. The zero-order valence-electron chi connectivity index (χ0n) is 14.9. The van der Waals surface area contributed by atoms with Gasteiger partial charge in [-0.15, -0.1) is 0 Å². The highest BCUT2D eigenvalue weighted by atomic mass is 19.1. The fourth-order valence-corrected chi connectivity index (χ4v) is 2.49. The molecule has 0 radical (unpaired) electrons. The van der Waals surface area contributed by atoms with E-state index in [1.165, 1.54) is 6.07 Å². The van der Waals surface area contributed by atoms with Crippen molar-refractivity contribution in [2.24, 2.45) is 0 Å². The Hall–Kier alpha value is -2.76. The molecule has 26 heavy (non-hydrogen) atoms. The molecule has 1 N–H and O–H groups in total. The molecule has 1 amide bonds. The second kappa shape index (κ2) is 8.56. The number of carbonyl (C=O) groups is 2. The van der Waals surface area contributed by atoms with Crippen LogP contribution in [-0.4, -0.2) is 18.5 Å². The molecule has 2 aromatic carbocycles. The van der Waals surface area contributed by atoms with E-state index < -0.39 is 36.2 Å². The molecule has 0 bridgehead atoms. The van der Waals surface area contributed by atoms with Crippen molar-refractivity contribution in [1.29, 1.82) is 0 Å². The number of halogens is 2. The van der Waals surface area contributed by atoms with E-state index in [9.17, 15) is 18.4 Å². The van der Waals surface area contributed by atoms with Gasteiger partial charge in [-0.1, -0.05) is 24.3 Å². The van der Waals surface area contributed by atoms with Gasteiger partial charge in [0.25, 0.3) is 5.91 Å². The summed E-state index contributed by atoms with van der Waals surface area (Å²) in [5.41, 5.74) is 3.16. The zero-order valence-corrected chi connectivity index (χ0v) is 14.9. The van der Waals surface area contributed by atoms with E-state index in [-0.39, 0.29) is 12.0 Å². The minimum atomic E-state index is -0.746. The first-order valence-corrected chi connectivity index (χ1v) is 8.22. The van der Waals surface area contributed by atoms with Crippen LogP contribution >= 0.6 is 0 Å². The number of nitrogens with one attached hydrogen (secondary N) is 1. The highest BCUT2D eigenvalue weighted by Crippen LogP contribution is 2.17. The molecule has 0 heterocycles. The van der Waals surface area contributed by atoms with E-state index in [0.717, 1.165) is 28.8 Å². The number of aryl methyl sites for hydroxylation is 2. The molecule has 1 atom stereocenters. The molecule has 0 aliphatic carbocycles. The number of carbonyl (C=O) groups excluding carboxylic acids is 2. The molecular weight excluding hydrogens is 340 g/mol. The number of ether oxygens (including phenoxy) is 1.